The number of nitrogens with one attached hydrogen (secondary N) is 1. The number of alkyl halides is 6. The van der Waals surface area contributed by atoms with Crippen molar-refractivity contribution in [2.24, 2.45) is 5.41 Å². The molecule has 0 unspecified atom stereocenters. The molecule has 0 atom stereocenters. The van der Waals surface area contributed by atoms with Crippen LogP contribution in [-0.2, 0) is 18.9 Å². The predicted octanol–water partition coefficient (Wildman–Crippen LogP) is 4.30. The molecule has 0 radical (unpaired) electrons. The fourth-order valence-electron chi connectivity index (χ4n) is 3.90. The van der Waals surface area contributed by atoms with Crippen LogP contribution >= 0.6 is 0 Å². The standard InChI is InChI=1S/C17H20F6N2/c18-16(19,20)13-7-12(8-14(9-13)17(21,22)23)10-25-6-3-15(11-25)1-4-24-5-2-15/h7-9,24H,1-6,10-11H2. The first-order valence-corrected chi connectivity index (χ1v) is 8.29. The van der Waals surface area contributed by atoms with Gasteiger partial charge in [0.05, 0.1) is 11.1 Å². The Kier molecular flexibility index (Phi) is 4.79. The van der Waals surface area contributed by atoms with E-state index in [2.05, 4.69) is 5.32 Å². The lowest BCUT2D eigenvalue weighted by Gasteiger charge is -2.34. The number of nitrogens with zero attached hydrogens (tertiary/aromatic N) is 1. The highest BCUT2D eigenvalue weighted by Crippen LogP contribution is 2.40. The van der Waals surface area contributed by atoms with Gasteiger partial charge < -0.3 is 5.32 Å². The fourth-order valence-corrected chi connectivity index (χ4v) is 3.90. The average molecular weight is 366 g/mol. The Hall–Kier alpha value is -1.28. The number of rotatable bonds is 2. The molecule has 0 amide bonds. The average Bonchev–Trinajstić information content (AvgIpc) is 2.88. The highest BCUT2D eigenvalue weighted by molar-refractivity contribution is 5.33. The molecule has 2 heterocycles. The van der Waals surface area contributed by atoms with Crippen molar-refractivity contribution < 1.29 is 26.3 Å². The van der Waals surface area contributed by atoms with Crippen LogP contribution in [-0.4, -0.2) is 31.1 Å². The van der Waals surface area contributed by atoms with Crippen molar-refractivity contribution in [3.63, 3.8) is 0 Å². The maximum Gasteiger partial charge on any atom is 0.416 e. The van der Waals surface area contributed by atoms with Crippen molar-refractivity contribution >= 4 is 0 Å². The van der Waals surface area contributed by atoms with E-state index in [0.29, 0.717) is 6.54 Å². The molecule has 25 heavy (non-hydrogen) atoms. The van der Waals surface area contributed by atoms with Gasteiger partial charge >= 0.3 is 12.4 Å². The van der Waals surface area contributed by atoms with Crippen molar-refractivity contribution in [3.8, 4) is 0 Å². The molecule has 0 bridgehead atoms. The highest BCUT2D eigenvalue weighted by Gasteiger charge is 2.40. The fraction of sp³-hybridized carbons (Fsp3) is 0.647. The van der Waals surface area contributed by atoms with Gasteiger partial charge in [-0.3, -0.25) is 4.90 Å². The molecule has 2 nitrogen and oxygen atoms in total. The first-order chi connectivity index (χ1) is 11.6. The van der Waals surface area contributed by atoms with Gasteiger partial charge in [-0.05, 0) is 68.1 Å². The van der Waals surface area contributed by atoms with Crippen LogP contribution in [0.3, 0.4) is 0 Å². The third-order valence-corrected chi connectivity index (χ3v) is 5.24. The van der Waals surface area contributed by atoms with Crippen LogP contribution in [0, 0.1) is 5.41 Å². The van der Waals surface area contributed by atoms with Gasteiger partial charge in [-0.2, -0.15) is 26.3 Å². The number of halogens is 6. The minimum absolute atomic E-state index is 0.0631. The van der Waals surface area contributed by atoms with Crippen molar-refractivity contribution in [1.82, 2.24) is 10.2 Å². The van der Waals surface area contributed by atoms with Gasteiger partial charge in [0.1, 0.15) is 0 Å². The van der Waals surface area contributed by atoms with Crippen molar-refractivity contribution in [3.05, 3.63) is 34.9 Å². The zero-order chi connectivity index (χ0) is 18.3. The molecular formula is C17H20F6N2. The molecule has 0 aliphatic carbocycles. The summed E-state index contributed by atoms with van der Waals surface area (Å²) in [6, 6.07) is 1.85. The largest absolute Gasteiger partial charge is 0.416 e. The van der Waals surface area contributed by atoms with Crippen LogP contribution in [0.1, 0.15) is 36.0 Å². The summed E-state index contributed by atoms with van der Waals surface area (Å²) in [5, 5.41) is 3.28. The number of piperidine rings is 1. The van der Waals surface area contributed by atoms with Crippen molar-refractivity contribution in [1.29, 1.82) is 0 Å². The van der Waals surface area contributed by atoms with Gasteiger partial charge in [-0.15, -0.1) is 0 Å². The molecule has 140 valence electrons. The van der Waals surface area contributed by atoms with Crippen LogP contribution in [0.4, 0.5) is 26.3 Å². The monoisotopic (exact) mass is 366 g/mol. The van der Waals surface area contributed by atoms with E-state index < -0.39 is 23.5 Å². The Labute approximate surface area is 142 Å². The molecule has 1 N–H and O–H groups in total. The van der Waals surface area contributed by atoms with Crippen LogP contribution in [0.25, 0.3) is 0 Å². The minimum atomic E-state index is -4.79. The van der Waals surface area contributed by atoms with Gasteiger partial charge in [0.2, 0.25) is 0 Å². The quantitative estimate of drug-likeness (QED) is 0.785. The first kappa shape index (κ1) is 18.5. The molecule has 8 heteroatoms. The Balaban J connectivity index is 1.80. The van der Waals surface area contributed by atoms with E-state index in [4.69, 9.17) is 0 Å². The van der Waals surface area contributed by atoms with E-state index in [0.717, 1.165) is 51.0 Å². The van der Waals surface area contributed by atoms with E-state index in [-0.39, 0.29) is 23.6 Å². The van der Waals surface area contributed by atoms with Gasteiger partial charge in [0.15, 0.2) is 0 Å². The summed E-state index contributed by atoms with van der Waals surface area (Å²) in [5.41, 5.74) is -2.27. The second-order valence-corrected chi connectivity index (χ2v) is 7.12. The zero-order valence-electron chi connectivity index (χ0n) is 13.6. The van der Waals surface area contributed by atoms with Crippen molar-refractivity contribution in [2.75, 3.05) is 26.2 Å². The molecule has 3 rings (SSSR count). The van der Waals surface area contributed by atoms with E-state index in [9.17, 15) is 26.3 Å². The Morgan fingerprint density at radius 2 is 1.44 bits per heavy atom. The molecule has 1 spiro atoms. The van der Waals surface area contributed by atoms with E-state index in [1.54, 1.807) is 0 Å². The molecule has 1 aromatic rings. The molecule has 2 fully saturated rings. The molecule has 2 saturated heterocycles. The van der Waals surface area contributed by atoms with E-state index in [1.807, 2.05) is 4.90 Å². The zero-order valence-corrected chi connectivity index (χ0v) is 13.6. The van der Waals surface area contributed by atoms with Gasteiger partial charge in [-0.25, -0.2) is 0 Å². The van der Waals surface area contributed by atoms with Crippen LogP contribution in [0.2, 0.25) is 0 Å². The second kappa shape index (κ2) is 6.46. The number of benzene rings is 1. The minimum Gasteiger partial charge on any atom is -0.317 e. The maximum atomic E-state index is 12.9. The van der Waals surface area contributed by atoms with E-state index >= 15 is 0 Å². The van der Waals surface area contributed by atoms with Gasteiger partial charge in [-0.1, -0.05) is 0 Å². The van der Waals surface area contributed by atoms with Gasteiger partial charge in [0.25, 0.3) is 0 Å². The summed E-state index contributed by atoms with van der Waals surface area (Å²) in [7, 11) is 0. The maximum absolute atomic E-state index is 12.9. The normalized spacial score (nSPS) is 21.8. The molecule has 0 saturated carbocycles. The molecule has 1 aromatic carbocycles. The van der Waals surface area contributed by atoms with Crippen molar-refractivity contribution in [2.45, 2.75) is 38.2 Å². The van der Waals surface area contributed by atoms with Crippen LogP contribution in [0.15, 0.2) is 18.2 Å². The SMILES string of the molecule is FC(F)(F)c1cc(CN2CCC3(CCNCC3)C2)cc(C(F)(F)F)c1. The summed E-state index contributed by atoms with van der Waals surface area (Å²) >= 11 is 0. The smallest absolute Gasteiger partial charge is 0.317 e. The number of hydrogen-bond donors (Lipinski definition) is 1. The topological polar surface area (TPSA) is 15.3 Å². The Morgan fingerprint density at radius 1 is 0.880 bits per heavy atom. The Morgan fingerprint density at radius 3 is 1.96 bits per heavy atom. The third kappa shape index (κ3) is 4.28. The number of hydrogen-bond acceptors (Lipinski definition) is 2. The van der Waals surface area contributed by atoms with E-state index in [1.165, 1.54) is 0 Å². The third-order valence-electron chi connectivity index (χ3n) is 5.24. The summed E-state index contributed by atoms with van der Waals surface area (Å²) < 4.78 is 77.7. The molecule has 0 aromatic heterocycles. The lowest BCUT2D eigenvalue weighted by molar-refractivity contribution is -0.143. The summed E-state index contributed by atoms with van der Waals surface area (Å²) in [6.45, 7) is 3.37. The summed E-state index contributed by atoms with van der Waals surface area (Å²) in [5.74, 6) is 0. The summed E-state index contributed by atoms with van der Waals surface area (Å²) in [4.78, 5) is 1.97. The molecular weight excluding hydrogens is 346 g/mol. The second-order valence-electron chi connectivity index (χ2n) is 7.12. The Bertz CT molecular complexity index is 584. The first-order valence-electron chi connectivity index (χ1n) is 8.29. The number of likely N-dealkylation sites (tertiary alicyclic amines) is 1. The predicted molar refractivity (Wildman–Crippen MR) is 80.9 cm³/mol. The molecule has 2 aliphatic rings. The van der Waals surface area contributed by atoms with Gasteiger partial charge in [0, 0.05) is 13.1 Å². The summed E-state index contributed by atoms with van der Waals surface area (Å²) in [6.07, 6.45) is -6.64. The highest BCUT2D eigenvalue weighted by atomic mass is 19.4. The van der Waals surface area contributed by atoms with Crippen LogP contribution in [0.5, 0.6) is 0 Å². The lowest BCUT2D eigenvalue weighted by Crippen LogP contribution is -2.38. The van der Waals surface area contributed by atoms with Crippen LogP contribution < -0.4 is 5.32 Å². The molecule has 2 aliphatic heterocycles. The lowest BCUT2D eigenvalue weighted by atomic mass is 9.78.